The Labute approximate surface area is 145 Å². The lowest BCUT2D eigenvalue weighted by Crippen LogP contribution is -2.60. The molecule has 24 heavy (non-hydrogen) atoms. The van der Waals surface area contributed by atoms with E-state index in [4.69, 9.17) is 8.47 Å². The number of morpholine rings is 1. The molecule has 2 aliphatic rings. The van der Waals surface area contributed by atoms with Gasteiger partial charge in [-0.2, -0.15) is 14.0 Å². The van der Waals surface area contributed by atoms with Gasteiger partial charge in [-0.3, -0.25) is 4.90 Å². The van der Waals surface area contributed by atoms with Gasteiger partial charge >= 0.3 is 0 Å². The van der Waals surface area contributed by atoms with Crippen LogP contribution in [0.15, 0.2) is 42.5 Å². The molecule has 1 aromatic carbocycles. The zero-order chi connectivity index (χ0) is 17.2. The molecule has 1 saturated heterocycles. The third-order valence-electron chi connectivity index (χ3n) is 3.68. The first-order valence-electron chi connectivity index (χ1n) is 7.44. The van der Waals surface area contributed by atoms with E-state index in [0.29, 0.717) is 36.2 Å². The highest BCUT2D eigenvalue weighted by Gasteiger charge is 2.32. The number of ether oxygens (including phenoxy) is 1. The molecule has 1 aromatic rings. The zero-order valence-electron chi connectivity index (χ0n) is 13.1. The van der Waals surface area contributed by atoms with Gasteiger partial charge < -0.3 is 4.74 Å². The van der Waals surface area contributed by atoms with Gasteiger partial charge in [0, 0.05) is 13.1 Å². The molecular weight excluding hydrogens is 354 g/mol. The van der Waals surface area contributed by atoms with E-state index in [0.717, 1.165) is 11.1 Å². The van der Waals surface area contributed by atoms with Gasteiger partial charge in [0.2, 0.25) is 0 Å². The fraction of sp³-hybridized carbons (Fsp3) is 0.312. The molecule has 0 bridgehead atoms. The first-order chi connectivity index (χ1) is 11.4. The highest BCUT2D eigenvalue weighted by Crippen LogP contribution is 2.41. The zero-order valence-corrected chi connectivity index (χ0v) is 14.7. The second kappa shape index (κ2) is 7.47. The van der Waals surface area contributed by atoms with Crippen molar-refractivity contribution >= 4 is 20.7 Å². The number of aryl methyl sites for hydroxylation is 1. The predicted molar refractivity (Wildman–Crippen MR) is 84.4 cm³/mol. The molecule has 1 fully saturated rings. The van der Waals surface area contributed by atoms with E-state index in [1.807, 2.05) is 42.2 Å². The van der Waals surface area contributed by atoms with E-state index >= 15 is 0 Å². The van der Waals surface area contributed by atoms with Crippen LogP contribution in [0.25, 0.3) is 4.91 Å². The fourth-order valence-electron chi connectivity index (χ4n) is 2.52. The molecule has 2 aliphatic heterocycles. The van der Waals surface area contributed by atoms with Gasteiger partial charge in [-0.1, -0.05) is 35.9 Å². The molecule has 1 atom stereocenters. The van der Waals surface area contributed by atoms with E-state index in [9.17, 15) is 14.0 Å². The summed E-state index contributed by atoms with van der Waals surface area (Å²) in [5.74, 6) is 0. The van der Waals surface area contributed by atoms with Crippen LogP contribution in [0.4, 0.5) is 0 Å². The Morgan fingerprint density at radius 2 is 1.79 bits per heavy atom. The van der Waals surface area contributed by atoms with E-state index in [-0.39, 0.29) is 0 Å². The van der Waals surface area contributed by atoms with Crippen LogP contribution < -0.4 is 14.0 Å². The van der Waals surface area contributed by atoms with Crippen molar-refractivity contribution in [2.75, 3.05) is 26.3 Å². The van der Waals surface area contributed by atoms with Crippen molar-refractivity contribution < 1.29 is 32.7 Å². The van der Waals surface area contributed by atoms with Gasteiger partial charge in [-0.05, 0) is 24.6 Å². The van der Waals surface area contributed by atoms with E-state index < -0.39 is 21.0 Å². The number of hydrogen-bond donors (Lipinski definition) is 0. The molecule has 6 nitrogen and oxygen atoms in total. The number of rotatable bonds is 3. The van der Waals surface area contributed by atoms with E-state index in [2.05, 4.69) is 0 Å². The second-order valence-electron chi connectivity index (χ2n) is 5.40. The molecule has 0 saturated carbocycles. The van der Waals surface area contributed by atoms with Crippen molar-refractivity contribution in [1.29, 1.82) is 0 Å². The summed E-state index contributed by atoms with van der Waals surface area (Å²) in [6, 6.07) is 7.67. The largest absolute Gasteiger partial charge is 0.379 e. The average molecular weight is 372 g/mol. The van der Waals surface area contributed by atoms with E-state index in [1.165, 1.54) is 0 Å². The molecular formula is C16H18ClNO5S. The Morgan fingerprint density at radius 1 is 1.12 bits per heavy atom. The van der Waals surface area contributed by atoms with Crippen LogP contribution in [-0.2, 0) is 8.47 Å². The van der Waals surface area contributed by atoms with Crippen molar-refractivity contribution in [1.82, 2.24) is 4.90 Å². The molecule has 8 heteroatoms. The van der Waals surface area contributed by atoms with Crippen LogP contribution in [0.1, 0.15) is 11.1 Å². The number of benzene rings is 1. The molecule has 130 valence electrons. The minimum absolute atomic E-state index is 0.556. The molecule has 0 amide bonds. The van der Waals surface area contributed by atoms with Gasteiger partial charge in [0.25, 0.3) is 0 Å². The molecule has 0 spiro atoms. The molecule has 0 aromatic heterocycles. The lowest BCUT2D eigenvalue weighted by Gasteiger charge is -2.29. The minimum Gasteiger partial charge on any atom is -0.379 e. The summed E-state index contributed by atoms with van der Waals surface area (Å²) in [7, 11) is -5.84. The molecule has 1 unspecified atom stereocenters. The fourth-order valence-corrected chi connectivity index (χ4v) is 5.07. The van der Waals surface area contributed by atoms with Crippen LogP contribution in [-0.4, -0.2) is 36.2 Å². The first-order valence-corrected chi connectivity index (χ1v) is 9.83. The highest BCUT2D eigenvalue weighted by atomic mass is 35.7. The summed E-state index contributed by atoms with van der Waals surface area (Å²) in [5.41, 5.74) is 1.93. The molecule has 0 aliphatic carbocycles. The summed E-state index contributed by atoms with van der Waals surface area (Å²) in [6.45, 7) is 4.34. The maximum atomic E-state index is 11.3. The van der Waals surface area contributed by atoms with Crippen molar-refractivity contribution in [3.05, 3.63) is 53.6 Å². The van der Waals surface area contributed by atoms with Crippen molar-refractivity contribution in [2.45, 2.75) is 6.92 Å². The number of halogens is 1. The lowest BCUT2D eigenvalue weighted by atomic mass is 10.1. The van der Waals surface area contributed by atoms with Crippen LogP contribution in [0.2, 0.25) is 0 Å². The number of hydrogen-bond acceptors (Lipinski definition) is 6. The van der Waals surface area contributed by atoms with E-state index in [1.54, 1.807) is 12.2 Å². The molecule has 0 N–H and O–H groups in total. The first kappa shape index (κ1) is 17.8. The third-order valence-corrected chi connectivity index (χ3v) is 6.34. The van der Waals surface area contributed by atoms with Crippen molar-refractivity contribution in [3.8, 4) is 0 Å². The number of allylic oxidation sites excluding steroid dienone is 2. The van der Waals surface area contributed by atoms with Gasteiger partial charge in [-0.25, -0.2) is 0 Å². The van der Waals surface area contributed by atoms with Gasteiger partial charge in [-0.15, -0.1) is 0 Å². The Bertz CT molecular complexity index is 687. The van der Waals surface area contributed by atoms with Crippen LogP contribution >= 0.6 is 10.8 Å². The molecule has 3 rings (SSSR count). The maximum absolute atomic E-state index is 11.3. The predicted octanol–water partition coefficient (Wildman–Crippen LogP) is -0.534. The standard InChI is InChI=1S/C16H18ClNO5S/c1-13-5-7-14(8-6-13)15-3-2-4-16(18-9-11-22-12-10-18)24(15)23-17(19,20)21/h2-8H,9-12H2,1H3. The van der Waals surface area contributed by atoms with Gasteiger partial charge in [0.05, 0.1) is 33.4 Å². The Morgan fingerprint density at radius 3 is 2.42 bits per heavy atom. The molecule has 0 radical (unpaired) electrons. The Balaban J connectivity index is 2.03. The smallest absolute Gasteiger partial charge is 0.158 e. The maximum Gasteiger partial charge on any atom is 0.158 e. The lowest BCUT2D eigenvalue weighted by molar-refractivity contribution is -1.91. The Kier molecular flexibility index (Phi) is 5.53. The van der Waals surface area contributed by atoms with Crippen molar-refractivity contribution in [3.63, 3.8) is 0 Å². The monoisotopic (exact) mass is 371 g/mol. The SMILES string of the molecule is Cc1ccc(C2=CC=CC(N3CCOCC3)=S2O[Cl+3]([O-])([O-])[O-])cc1. The average Bonchev–Trinajstić information content (AvgIpc) is 2.55. The topological polar surface area (TPSA) is 90.9 Å². The normalized spacial score (nSPS) is 22.6. The van der Waals surface area contributed by atoms with Crippen LogP contribution in [0.3, 0.4) is 0 Å². The van der Waals surface area contributed by atoms with Gasteiger partial charge in [0.15, 0.2) is 10.8 Å². The Hall–Kier alpha value is -1.03. The quantitative estimate of drug-likeness (QED) is 0.663. The van der Waals surface area contributed by atoms with Gasteiger partial charge in [0.1, 0.15) is 3.74 Å². The van der Waals surface area contributed by atoms with Crippen molar-refractivity contribution in [2.24, 2.45) is 0 Å². The summed E-state index contributed by atoms with van der Waals surface area (Å²) in [6.07, 6.45) is 5.44. The summed E-state index contributed by atoms with van der Waals surface area (Å²) in [4.78, 5) is 3.36. The summed E-state index contributed by atoms with van der Waals surface area (Å²) in [5, 5.41) is 0. The summed E-state index contributed by atoms with van der Waals surface area (Å²) >= 11 is 0. The van der Waals surface area contributed by atoms with Crippen LogP contribution in [0, 0.1) is 17.2 Å². The third kappa shape index (κ3) is 4.33. The second-order valence-corrected chi connectivity index (χ2v) is 8.06. The minimum atomic E-state index is -4.54. The molecule has 2 heterocycles. The van der Waals surface area contributed by atoms with Crippen LogP contribution in [0.5, 0.6) is 0 Å². The highest BCUT2D eigenvalue weighted by molar-refractivity contribution is 8.20. The number of nitrogens with zero attached hydrogens (tertiary/aromatic N) is 1. The summed E-state index contributed by atoms with van der Waals surface area (Å²) < 4.78 is 44.0.